The topological polar surface area (TPSA) is 113 Å². The van der Waals surface area contributed by atoms with Crippen LogP contribution in [0.2, 0.25) is 0 Å². The number of piperidine rings is 1. The predicted molar refractivity (Wildman–Crippen MR) is 102 cm³/mol. The molecule has 148 valence electrons. The second-order valence-electron chi connectivity index (χ2n) is 7.04. The quantitative estimate of drug-likeness (QED) is 0.763. The predicted octanol–water partition coefficient (Wildman–Crippen LogP) is 1.26. The van der Waals surface area contributed by atoms with Crippen molar-refractivity contribution in [2.24, 2.45) is 5.92 Å². The van der Waals surface area contributed by atoms with Crippen LogP contribution in [0.1, 0.15) is 45.3 Å². The molecule has 1 aliphatic heterocycles. The number of anilines is 1. The van der Waals surface area contributed by atoms with Crippen molar-refractivity contribution in [2.45, 2.75) is 51.1 Å². The number of nitrogens with one attached hydrogen (secondary N) is 2. The van der Waals surface area contributed by atoms with Crippen molar-refractivity contribution < 1.29 is 8.42 Å². The average Bonchev–Trinajstić information content (AvgIpc) is 3.11. The fourth-order valence-electron chi connectivity index (χ4n) is 3.07. The molecule has 9 nitrogen and oxygen atoms in total. The van der Waals surface area contributed by atoms with Gasteiger partial charge in [-0.2, -0.15) is 5.10 Å². The SMILES string of the molecule is CCn1cc(S(=O)(=O)N[C@H](C)c2cc(=O)[nH]c(N3CCC(C)CC3)n2)cn1. The molecule has 1 fully saturated rings. The van der Waals surface area contributed by atoms with Crippen molar-refractivity contribution in [3.8, 4) is 0 Å². The first-order valence-corrected chi connectivity index (χ1v) is 10.7. The molecule has 0 unspecified atom stereocenters. The summed E-state index contributed by atoms with van der Waals surface area (Å²) in [5.41, 5.74) is 0.0947. The molecule has 0 aromatic carbocycles. The van der Waals surface area contributed by atoms with Crippen LogP contribution in [0.5, 0.6) is 0 Å². The lowest BCUT2D eigenvalue weighted by atomic mass is 10.00. The summed E-state index contributed by atoms with van der Waals surface area (Å²) in [6.07, 6.45) is 4.86. The lowest BCUT2D eigenvalue weighted by Gasteiger charge is -2.31. The number of hydrogen-bond donors (Lipinski definition) is 2. The maximum Gasteiger partial charge on any atom is 0.252 e. The zero-order chi connectivity index (χ0) is 19.6. The maximum atomic E-state index is 12.6. The minimum atomic E-state index is -3.75. The summed E-state index contributed by atoms with van der Waals surface area (Å²) in [4.78, 5) is 21.5. The van der Waals surface area contributed by atoms with Crippen molar-refractivity contribution in [1.29, 1.82) is 0 Å². The van der Waals surface area contributed by atoms with Crippen molar-refractivity contribution in [3.63, 3.8) is 0 Å². The third-order valence-corrected chi connectivity index (χ3v) is 6.35. The first-order valence-electron chi connectivity index (χ1n) is 9.19. The van der Waals surface area contributed by atoms with E-state index >= 15 is 0 Å². The number of sulfonamides is 1. The molecule has 2 aromatic heterocycles. The number of aromatic amines is 1. The summed E-state index contributed by atoms with van der Waals surface area (Å²) < 4.78 is 29.2. The molecule has 2 N–H and O–H groups in total. The van der Waals surface area contributed by atoms with Gasteiger partial charge in [-0.3, -0.25) is 14.5 Å². The number of H-pyrrole nitrogens is 1. The molecule has 0 radical (unpaired) electrons. The van der Waals surface area contributed by atoms with Gasteiger partial charge in [-0.1, -0.05) is 6.92 Å². The summed E-state index contributed by atoms with van der Waals surface area (Å²) in [5.74, 6) is 1.15. The minimum absolute atomic E-state index is 0.0892. The van der Waals surface area contributed by atoms with E-state index in [9.17, 15) is 13.2 Å². The number of nitrogens with zero attached hydrogens (tertiary/aromatic N) is 4. The second-order valence-corrected chi connectivity index (χ2v) is 8.75. The van der Waals surface area contributed by atoms with Gasteiger partial charge in [0.1, 0.15) is 4.90 Å². The summed E-state index contributed by atoms with van der Waals surface area (Å²) in [7, 11) is -3.75. The molecule has 2 aromatic rings. The summed E-state index contributed by atoms with van der Waals surface area (Å²) in [6, 6.07) is 0.684. The molecule has 27 heavy (non-hydrogen) atoms. The van der Waals surface area contributed by atoms with E-state index in [1.165, 1.54) is 18.5 Å². The van der Waals surface area contributed by atoms with Crippen molar-refractivity contribution >= 4 is 16.0 Å². The molecule has 1 aliphatic rings. The van der Waals surface area contributed by atoms with Gasteiger partial charge in [0.15, 0.2) is 0 Å². The standard InChI is InChI=1S/C17H26N6O3S/c1-4-23-11-14(10-18-23)27(25,26)21-13(3)15-9-16(24)20-17(19-15)22-7-5-12(2)6-8-22/h9-13,21H,4-8H2,1-3H3,(H,19,20,24)/t13-/m1/s1. The van der Waals surface area contributed by atoms with Gasteiger partial charge in [-0.05, 0) is 32.6 Å². The van der Waals surface area contributed by atoms with Gasteiger partial charge in [0.2, 0.25) is 16.0 Å². The van der Waals surface area contributed by atoms with Crippen LogP contribution in [-0.2, 0) is 16.6 Å². The summed E-state index contributed by atoms with van der Waals surface area (Å²) in [5, 5.41) is 4.00. The third kappa shape index (κ3) is 4.56. The van der Waals surface area contributed by atoms with Crippen LogP contribution < -0.4 is 15.2 Å². The molecular formula is C17H26N6O3S. The monoisotopic (exact) mass is 394 g/mol. The molecule has 0 amide bonds. The zero-order valence-electron chi connectivity index (χ0n) is 15.8. The van der Waals surface area contributed by atoms with Crippen molar-refractivity contribution in [1.82, 2.24) is 24.5 Å². The Balaban J connectivity index is 1.80. The van der Waals surface area contributed by atoms with Gasteiger partial charge >= 0.3 is 0 Å². The Morgan fingerprint density at radius 1 is 1.37 bits per heavy atom. The molecule has 1 saturated heterocycles. The lowest BCUT2D eigenvalue weighted by molar-refractivity contribution is 0.433. The highest BCUT2D eigenvalue weighted by atomic mass is 32.2. The fraction of sp³-hybridized carbons (Fsp3) is 0.588. The van der Waals surface area contributed by atoms with Gasteiger partial charge in [0.05, 0.1) is 17.9 Å². The lowest BCUT2D eigenvalue weighted by Crippen LogP contribution is -2.36. The maximum absolute atomic E-state index is 12.6. The Bertz CT molecular complexity index is 944. The molecule has 0 spiro atoms. The van der Waals surface area contributed by atoms with Gasteiger partial charge in [-0.25, -0.2) is 18.1 Å². The van der Waals surface area contributed by atoms with Crippen LogP contribution in [0.4, 0.5) is 5.95 Å². The van der Waals surface area contributed by atoms with Crippen LogP contribution in [0.3, 0.4) is 0 Å². The minimum Gasteiger partial charge on any atom is -0.342 e. The highest BCUT2D eigenvalue weighted by Crippen LogP contribution is 2.21. The molecule has 0 bridgehead atoms. The van der Waals surface area contributed by atoms with Crippen LogP contribution in [0, 0.1) is 5.92 Å². The molecule has 10 heteroatoms. The number of aryl methyl sites for hydroxylation is 1. The van der Waals surface area contributed by atoms with Crippen LogP contribution in [0.25, 0.3) is 0 Å². The van der Waals surface area contributed by atoms with E-state index in [4.69, 9.17) is 0 Å². The molecule has 3 heterocycles. The molecule has 3 rings (SSSR count). The Hall–Kier alpha value is -2.20. The van der Waals surface area contributed by atoms with Crippen molar-refractivity contribution in [3.05, 3.63) is 34.5 Å². The van der Waals surface area contributed by atoms with Gasteiger partial charge in [0.25, 0.3) is 5.56 Å². The average molecular weight is 395 g/mol. The van der Waals surface area contributed by atoms with Gasteiger partial charge < -0.3 is 4.90 Å². The van der Waals surface area contributed by atoms with E-state index in [0.29, 0.717) is 24.1 Å². The fourth-order valence-corrected chi connectivity index (χ4v) is 4.24. The van der Waals surface area contributed by atoms with E-state index < -0.39 is 16.1 Å². The summed E-state index contributed by atoms with van der Waals surface area (Å²) in [6.45, 7) is 7.99. The zero-order valence-corrected chi connectivity index (χ0v) is 16.7. The highest BCUT2D eigenvalue weighted by molar-refractivity contribution is 7.89. The largest absolute Gasteiger partial charge is 0.342 e. The Kier molecular flexibility index (Phi) is 5.66. The molecule has 0 aliphatic carbocycles. The second kappa shape index (κ2) is 7.81. The molecule has 0 saturated carbocycles. The van der Waals surface area contributed by atoms with E-state index in [0.717, 1.165) is 25.9 Å². The van der Waals surface area contributed by atoms with Gasteiger partial charge in [0, 0.05) is 31.9 Å². The van der Waals surface area contributed by atoms with Crippen LogP contribution in [-0.4, -0.2) is 41.3 Å². The van der Waals surface area contributed by atoms with Gasteiger partial charge in [-0.15, -0.1) is 0 Å². The molecular weight excluding hydrogens is 368 g/mol. The summed E-state index contributed by atoms with van der Waals surface area (Å²) >= 11 is 0. The number of rotatable bonds is 6. The van der Waals surface area contributed by atoms with E-state index in [-0.39, 0.29) is 10.5 Å². The normalized spacial score (nSPS) is 17.2. The Labute approximate surface area is 158 Å². The smallest absolute Gasteiger partial charge is 0.252 e. The van der Waals surface area contributed by atoms with Crippen LogP contribution >= 0.6 is 0 Å². The third-order valence-electron chi connectivity index (χ3n) is 4.85. The molecule has 1 atom stereocenters. The van der Waals surface area contributed by atoms with Crippen molar-refractivity contribution in [2.75, 3.05) is 18.0 Å². The van der Waals surface area contributed by atoms with E-state index in [1.54, 1.807) is 11.6 Å². The highest BCUT2D eigenvalue weighted by Gasteiger charge is 2.23. The Morgan fingerprint density at radius 3 is 2.70 bits per heavy atom. The van der Waals surface area contributed by atoms with E-state index in [2.05, 4.69) is 26.7 Å². The number of hydrogen-bond acceptors (Lipinski definition) is 6. The van der Waals surface area contributed by atoms with E-state index in [1.807, 2.05) is 11.8 Å². The first-order chi connectivity index (χ1) is 12.8. The Morgan fingerprint density at radius 2 is 2.07 bits per heavy atom. The first kappa shape index (κ1) is 19.6. The number of aromatic nitrogens is 4. The van der Waals surface area contributed by atoms with Crippen LogP contribution in [0.15, 0.2) is 28.2 Å².